The van der Waals surface area contributed by atoms with Gasteiger partial charge in [-0.25, -0.2) is 4.79 Å². The molecular formula is C21H33N5O6. The van der Waals surface area contributed by atoms with Gasteiger partial charge in [0, 0.05) is 24.7 Å². The van der Waals surface area contributed by atoms with Gasteiger partial charge < -0.3 is 25.8 Å². The summed E-state index contributed by atoms with van der Waals surface area (Å²) in [6, 6.07) is -1.83. The molecule has 2 aliphatic heterocycles. The quantitative estimate of drug-likeness (QED) is 0.412. The molecule has 5 N–H and O–H groups in total. The molecule has 0 aliphatic carbocycles. The van der Waals surface area contributed by atoms with Gasteiger partial charge in [-0.05, 0) is 32.1 Å². The van der Waals surface area contributed by atoms with Crippen LogP contribution < -0.4 is 22.3 Å². The van der Waals surface area contributed by atoms with Crippen LogP contribution in [0.4, 0.5) is 0 Å². The predicted molar refractivity (Wildman–Crippen MR) is 116 cm³/mol. The van der Waals surface area contributed by atoms with Gasteiger partial charge in [0.2, 0.25) is 11.8 Å². The summed E-state index contributed by atoms with van der Waals surface area (Å²) < 4.78 is 7.03. The van der Waals surface area contributed by atoms with Crippen molar-refractivity contribution >= 4 is 11.8 Å². The number of carbonyl (C=O) groups excluding carboxylic acids is 2. The fraction of sp³-hybridized carbons (Fsp3) is 0.714. The Kier molecular flexibility index (Phi) is 7.52. The number of aromatic nitrogens is 2. The maximum atomic E-state index is 13.0. The molecule has 32 heavy (non-hydrogen) atoms. The first-order valence-electron chi connectivity index (χ1n) is 11.1. The molecule has 3 heterocycles. The monoisotopic (exact) mass is 451 g/mol. The minimum Gasteiger partial charge on any atom is -0.394 e. The molecule has 1 aromatic heterocycles. The number of likely N-dealkylation sites (tertiary alicyclic amines) is 1. The van der Waals surface area contributed by atoms with E-state index in [0.717, 1.165) is 0 Å². The summed E-state index contributed by atoms with van der Waals surface area (Å²) in [4.78, 5) is 53.4. The largest absolute Gasteiger partial charge is 0.394 e. The second-order valence-corrected chi connectivity index (χ2v) is 9.07. The van der Waals surface area contributed by atoms with E-state index in [2.05, 4.69) is 10.3 Å². The Bertz CT molecular complexity index is 957. The van der Waals surface area contributed by atoms with E-state index in [9.17, 15) is 24.3 Å². The Morgan fingerprint density at radius 3 is 2.75 bits per heavy atom. The molecule has 178 valence electrons. The van der Waals surface area contributed by atoms with E-state index in [-0.39, 0.29) is 30.8 Å². The van der Waals surface area contributed by atoms with E-state index in [1.165, 1.54) is 10.8 Å². The Morgan fingerprint density at radius 2 is 2.09 bits per heavy atom. The summed E-state index contributed by atoms with van der Waals surface area (Å²) in [6.45, 7) is 5.67. The lowest BCUT2D eigenvalue weighted by Crippen LogP contribution is -2.54. The van der Waals surface area contributed by atoms with Gasteiger partial charge in [0.05, 0.1) is 18.7 Å². The molecule has 11 heteroatoms. The van der Waals surface area contributed by atoms with Crippen LogP contribution in [0.2, 0.25) is 0 Å². The molecule has 0 unspecified atom stereocenters. The van der Waals surface area contributed by atoms with Crippen molar-refractivity contribution in [2.75, 3.05) is 13.2 Å². The average Bonchev–Trinajstić information content (AvgIpc) is 3.36. The van der Waals surface area contributed by atoms with Gasteiger partial charge in [0.15, 0.2) is 0 Å². The molecular weight excluding hydrogens is 418 g/mol. The van der Waals surface area contributed by atoms with Crippen LogP contribution in [0, 0.1) is 12.8 Å². The van der Waals surface area contributed by atoms with E-state index in [1.807, 2.05) is 13.8 Å². The zero-order valence-electron chi connectivity index (χ0n) is 18.7. The lowest BCUT2D eigenvalue weighted by atomic mass is 10.0. The van der Waals surface area contributed by atoms with Crippen LogP contribution in [0.1, 0.15) is 51.3 Å². The van der Waals surface area contributed by atoms with E-state index in [0.29, 0.717) is 31.4 Å². The first-order valence-corrected chi connectivity index (χ1v) is 11.1. The molecule has 2 amide bonds. The van der Waals surface area contributed by atoms with Crippen molar-refractivity contribution in [3.8, 4) is 0 Å². The zero-order valence-corrected chi connectivity index (χ0v) is 18.7. The number of carbonyl (C=O) groups is 2. The molecule has 0 radical (unpaired) electrons. The van der Waals surface area contributed by atoms with Crippen molar-refractivity contribution in [2.45, 2.75) is 76.9 Å². The van der Waals surface area contributed by atoms with Crippen LogP contribution in [0.25, 0.3) is 0 Å². The molecule has 2 saturated heterocycles. The smallest absolute Gasteiger partial charge is 0.330 e. The van der Waals surface area contributed by atoms with Gasteiger partial charge in [-0.1, -0.05) is 13.8 Å². The number of hydrogen-bond acceptors (Lipinski definition) is 7. The zero-order chi connectivity index (χ0) is 23.6. The number of aryl methyl sites for hydroxylation is 1. The Labute approximate surface area is 185 Å². The fourth-order valence-corrected chi connectivity index (χ4v) is 4.43. The molecule has 1 aromatic rings. The summed E-state index contributed by atoms with van der Waals surface area (Å²) >= 11 is 0. The van der Waals surface area contributed by atoms with Gasteiger partial charge in [-0.2, -0.15) is 0 Å². The number of nitrogens with one attached hydrogen (secondary N) is 2. The maximum absolute atomic E-state index is 13.0. The first kappa shape index (κ1) is 24.1. The van der Waals surface area contributed by atoms with E-state index in [1.54, 1.807) is 11.8 Å². The minimum atomic E-state index is -0.749. The molecule has 0 aromatic carbocycles. The molecule has 11 nitrogen and oxygen atoms in total. The summed E-state index contributed by atoms with van der Waals surface area (Å²) in [5.74, 6) is -0.294. The number of aliphatic hydroxyl groups is 1. The first-order chi connectivity index (χ1) is 15.1. The van der Waals surface area contributed by atoms with Crippen LogP contribution in [-0.4, -0.2) is 68.8 Å². The third-order valence-corrected chi connectivity index (χ3v) is 6.08. The van der Waals surface area contributed by atoms with Crippen LogP contribution in [0.15, 0.2) is 15.8 Å². The highest BCUT2D eigenvalue weighted by Gasteiger charge is 2.41. The maximum Gasteiger partial charge on any atom is 0.330 e. The van der Waals surface area contributed by atoms with Crippen molar-refractivity contribution < 1.29 is 19.4 Å². The number of nitrogens with zero attached hydrogens (tertiary/aromatic N) is 2. The molecule has 0 bridgehead atoms. The number of aromatic amines is 1. The number of rotatable bonds is 7. The molecule has 5 atom stereocenters. The van der Waals surface area contributed by atoms with E-state index in [4.69, 9.17) is 10.5 Å². The number of amides is 2. The van der Waals surface area contributed by atoms with Crippen LogP contribution in [0.5, 0.6) is 0 Å². The van der Waals surface area contributed by atoms with Gasteiger partial charge in [-0.3, -0.25) is 23.9 Å². The number of aliphatic hydroxyl groups excluding tert-OH is 1. The second-order valence-electron chi connectivity index (χ2n) is 9.07. The van der Waals surface area contributed by atoms with Crippen molar-refractivity contribution in [3.63, 3.8) is 0 Å². The topological polar surface area (TPSA) is 160 Å². The van der Waals surface area contributed by atoms with Crippen molar-refractivity contribution in [1.82, 2.24) is 19.8 Å². The van der Waals surface area contributed by atoms with Crippen molar-refractivity contribution in [1.29, 1.82) is 0 Å². The normalized spacial score (nSPS) is 26.5. The molecule has 3 rings (SSSR count). The SMILES string of the molecule is Cc1cn([C@H]2C[C@H](NC(=O)[C@@H]3CCCN3C(=O)[C@@H](N)CC(C)C)[C@@H](CO)O2)c(=O)[nH]c1=O. The summed E-state index contributed by atoms with van der Waals surface area (Å²) in [6.07, 6.45) is 1.94. The summed E-state index contributed by atoms with van der Waals surface area (Å²) in [5, 5.41) is 12.6. The van der Waals surface area contributed by atoms with Crippen LogP contribution in [0.3, 0.4) is 0 Å². The highest BCUT2D eigenvalue weighted by atomic mass is 16.5. The highest BCUT2D eigenvalue weighted by Crippen LogP contribution is 2.28. The van der Waals surface area contributed by atoms with Crippen LogP contribution >= 0.6 is 0 Å². The van der Waals surface area contributed by atoms with Gasteiger partial charge in [-0.15, -0.1) is 0 Å². The predicted octanol–water partition coefficient (Wildman–Crippen LogP) is -1.03. The van der Waals surface area contributed by atoms with Gasteiger partial charge in [0.25, 0.3) is 5.56 Å². The lowest BCUT2D eigenvalue weighted by Gasteiger charge is -2.28. The lowest BCUT2D eigenvalue weighted by molar-refractivity contribution is -0.140. The fourth-order valence-electron chi connectivity index (χ4n) is 4.43. The van der Waals surface area contributed by atoms with Crippen molar-refractivity contribution in [2.24, 2.45) is 11.7 Å². The molecule has 2 fully saturated rings. The second kappa shape index (κ2) is 9.97. The third kappa shape index (κ3) is 5.11. The summed E-state index contributed by atoms with van der Waals surface area (Å²) in [5.41, 5.74) is 5.30. The van der Waals surface area contributed by atoms with Gasteiger partial charge >= 0.3 is 5.69 Å². The third-order valence-electron chi connectivity index (χ3n) is 6.08. The Morgan fingerprint density at radius 1 is 1.38 bits per heavy atom. The summed E-state index contributed by atoms with van der Waals surface area (Å²) in [7, 11) is 0. The molecule has 2 aliphatic rings. The molecule has 0 saturated carbocycles. The highest BCUT2D eigenvalue weighted by molar-refractivity contribution is 5.90. The van der Waals surface area contributed by atoms with Crippen LogP contribution in [-0.2, 0) is 14.3 Å². The average molecular weight is 452 g/mol. The van der Waals surface area contributed by atoms with Crippen molar-refractivity contribution in [3.05, 3.63) is 32.6 Å². The van der Waals surface area contributed by atoms with E-state index >= 15 is 0 Å². The van der Waals surface area contributed by atoms with E-state index < -0.39 is 41.7 Å². The minimum absolute atomic E-state index is 0.231. The number of ether oxygens (including phenoxy) is 1. The number of H-pyrrole nitrogens is 1. The molecule has 0 spiro atoms. The Hall–Kier alpha value is -2.50. The standard InChI is InChI=1S/C21H33N5O6/c1-11(2)7-13(22)20(30)25-6-4-5-15(25)19(29)23-14-8-17(32-16(14)10-27)26-9-12(3)18(28)24-21(26)31/h9,11,13-17,27H,4-8,10,22H2,1-3H3,(H,23,29)(H,24,28,31)/t13-,14-,15-,16+,17+/m0/s1. The van der Waals surface area contributed by atoms with Gasteiger partial charge in [0.1, 0.15) is 18.4 Å². The number of hydrogen-bond donors (Lipinski definition) is 4. The Balaban J connectivity index is 1.70. The number of nitrogens with two attached hydrogens (primary N) is 1.